The van der Waals surface area contributed by atoms with E-state index in [0.29, 0.717) is 13.2 Å². The molecule has 1 saturated heterocycles. The minimum Gasteiger partial charge on any atom is -0.448 e. The van der Waals surface area contributed by atoms with Gasteiger partial charge < -0.3 is 14.7 Å². The molecule has 0 radical (unpaired) electrons. The molecule has 1 heterocycles. The summed E-state index contributed by atoms with van der Waals surface area (Å²) in [4.78, 5) is 12.9. The fourth-order valence-corrected chi connectivity index (χ4v) is 2.32. The summed E-state index contributed by atoms with van der Waals surface area (Å²) in [6.45, 7) is 1.23. The van der Waals surface area contributed by atoms with Crippen molar-refractivity contribution in [1.29, 1.82) is 0 Å². The third-order valence-corrected chi connectivity index (χ3v) is 3.40. The zero-order valence-corrected chi connectivity index (χ0v) is 10.5. The van der Waals surface area contributed by atoms with Gasteiger partial charge >= 0.3 is 6.09 Å². The van der Waals surface area contributed by atoms with Crippen molar-refractivity contribution in [3.63, 3.8) is 0 Å². The van der Waals surface area contributed by atoms with Crippen LogP contribution in [0.25, 0.3) is 10.8 Å². The van der Waals surface area contributed by atoms with Crippen LogP contribution in [0.1, 0.15) is 11.7 Å². The third kappa shape index (κ3) is 2.39. The monoisotopic (exact) mass is 257 g/mol. The Kier molecular flexibility index (Phi) is 3.09. The van der Waals surface area contributed by atoms with E-state index in [1.807, 2.05) is 42.5 Å². The van der Waals surface area contributed by atoms with Crippen molar-refractivity contribution in [3.8, 4) is 0 Å². The van der Waals surface area contributed by atoms with E-state index in [4.69, 9.17) is 4.74 Å². The number of benzene rings is 2. The van der Waals surface area contributed by atoms with E-state index in [1.54, 1.807) is 0 Å². The molecule has 1 aliphatic rings. The molecule has 1 amide bonds. The molecule has 0 aromatic heterocycles. The van der Waals surface area contributed by atoms with Gasteiger partial charge in [-0.05, 0) is 22.4 Å². The second-order valence-corrected chi connectivity index (χ2v) is 4.68. The van der Waals surface area contributed by atoms with Crippen LogP contribution >= 0.6 is 0 Å². The Bertz CT molecular complexity index is 611. The van der Waals surface area contributed by atoms with E-state index in [1.165, 1.54) is 4.90 Å². The lowest BCUT2D eigenvalue weighted by atomic mass is 10.0. The summed E-state index contributed by atoms with van der Waals surface area (Å²) in [7, 11) is 0. The second-order valence-electron chi connectivity index (χ2n) is 4.68. The molecule has 1 fully saturated rings. The zero-order valence-electron chi connectivity index (χ0n) is 10.5. The highest BCUT2D eigenvalue weighted by atomic mass is 16.6. The van der Waals surface area contributed by atoms with Crippen LogP contribution in [0.2, 0.25) is 0 Å². The molecule has 1 aliphatic heterocycles. The lowest BCUT2D eigenvalue weighted by Gasteiger charge is -2.18. The fraction of sp³-hybridized carbons (Fsp3) is 0.267. The molecule has 1 unspecified atom stereocenters. The number of fused-ring (bicyclic) bond motifs is 1. The average molecular weight is 257 g/mol. The number of ether oxygens (including phenoxy) is 1. The number of hydrogen-bond acceptors (Lipinski definition) is 3. The molecule has 4 nitrogen and oxygen atoms in total. The maximum Gasteiger partial charge on any atom is 0.410 e. The standard InChI is InChI=1S/C15H15NO3/c17-14(10-16-7-8-19-15(16)18)13-6-5-11-3-1-2-4-12(11)9-13/h1-6,9,14,17H,7-8,10H2. The van der Waals surface area contributed by atoms with Gasteiger partial charge in [-0.2, -0.15) is 0 Å². The van der Waals surface area contributed by atoms with Crippen LogP contribution < -0.4 is 0 Å². The van der Waals surface area contributed by atoms with Crippen LogP contribution in [0.4, 0.5) is 4.79 Å². The predicted molar refractivity (Wildman–Crippen MR) is 71.8 cm³/mol. The maximum absolute atomic E-state index is 11.3. The molecule has 2 aromatic carbocycles. The highest BCUT2D eigenvalue weighted by molar-refractivity contribution is 5.83. The fourth-order valence-electron chi connectivity index (χ4n) is 2.32. The second kappa shape index (κ2) is 4.90. The summed E-state index contributed by atoms with van der Waals surface area (Å²) in [5, 5.41) is 12.4. The van der Waals surface area contributed by atoms with Crippen molar-refractivity contribution in [2.45, 2.75) is 6.10 Å². The van der Waals surface area contributed by atoms with E-state index in [-0.39, 0.29) is 12.6 Å². The minimum atomic E-state index is -0.685. The van der Waals surface area contributed by atoms with Crippen molar-refractivity contribution >= 4 is 16.9 Å². The quantitative estimate of drug-likeness (QED) is 0.918. The van der Waals surface area contributed by atoms with Gasteiger partial charge in [0.15, 0.2) is 0 Å². The molecule has 1 atom stereocenters. The van der Waals surface area contributed by atoms with E-state index in [0.717, 1.165) is 16.3 Å². The summed E-state index contributed by atoms with van der Waals surface area (Å²) < 4.78 is 4.85. The molecule has 98 valence electrons. The van der Waals surface area contributed by atoms with Gasteiger partial charge in [-0.15, -0.1) is 0 Å². The summed E-state index contributed by atoms with van der Waals surface area (Å²) in [6, 6.07) is 13.8. The van der Waals surface area contributed by atoms with Crippen molar-refractivity contribution in [2.75, 3.05) is 19.7 Å². The van der Waals surface area contributed by atoms with Gasteiger partial charge in [-0.1, -0.05) is 36.4 Å². The van der Waals surface area contributed by atoms with Crippen LogP contribution in [0, 0.1) is 0 Å². The van der Waals surface area contributed by atoms with Crippen molar-refractivity contribution < 1.29 is 14.6 Å². The number of cyclic esters (lactones) is 1. The first-order valence-corrected chi connectivity index (χ1v) is 6.32. The van der Waals surface area contributed by atoms with Crippen LogP contribution in [-0.2, 0) is 4.74 Å². The predicted octanol–water partition coefficient (Wildman–Crippen LogP) is 2.33. The van der Waals surface area contributed by atoms with Crippen molar-refractivity contribution in [2.24, 2.45) is 0 Å². The molecule has 0 bridgehead atoms. The molecule has 3 rings (SSSR count). The van der Waals surface area contributed by atoms with Gasteiger partial charge in [0.1, 0.15) is 6.61 Å². The number of amides is 1. The van der Waals surface area contributed by atoms with Gasteiger partial charge in [0.05, 0.1) is 19.2 Å². The number of hydrogen-bond donors (Lipinski definition) is 1. The van der Waals surface area contributed by atoms with Gasteiger partial charge in [0, 0.05) is 0 Å². The van der Waals surface area contributed by atoms with Crippen LogP contribution in [-0.4, -0.2) is 35.8 Å². The van der Waals surface area contributed by atoms with E-state index >= 15 is 0 Å². The molecule has 19 heavy (non-hydrogen) atoms. The largest absolute Gasteiger partial charge is 0.448 e. The topological polar surface area (TPSA) is 49.8 Å². The Morgan fingerprint density at radius 3 is 2.74 bits per heavy atom. The first-order chi connectivity index (χ1) is 9.24. The van der Waals surface area contributed by atoms with E-state index in [2.05, 4.69) is 0 Å². The van der Waals surface area contributed by atoms with Crippen molar-refractivity contribution in [1.82, 2.24) is 4.90 Å². The summed E-state index contributed by atoms with van der Waals surface area (Å²) in [5.74, 6) is 0. The molecule has 4 heteroatoms. The number of β-amino-alcohol motifs (C(OH)–C–C–N with tert-alkyl or cyclic N) is 1. The Labute approximate surface area is 111 Å². The molecule has 2 aromatic rings. The molecular weight excluding hydrogens is 242 g/mol. The molecule has 0 spiro atoms. The smallest absolute Gasteiger partial charge is 0.410 e. The summed E-state index contributed by atoms with van der Waals surface area (Å²) in [5.41, 5.74) is 0.818. The maximum atomic E-state index is 11.3. The zero-order chi connectivity index (χ0) is 13.2. The van der Waals surface area contributed by atoms with Gasteiger partial charge in [-0.3, -0.25) is 0 Å². The van der Waals surface area contributed by atoms with E-state index in [9.17, 15) is 9.90 Å². The number of rotatable bonds is 3. The average Bonchev–Trinajstić information content (AvgIpc) is 2.84. The summed E-state index contributed by atoms with van der Waals surface area (Å²) in [6.07, 6.45) is -1.03. The van der Waals surface area contributed by atoms with Crippen LogP contribution in [0.15, 0.2) is 42.5 Å². The molecule has 1 N–H and O–H groups in total. The van der Waals surface area contributed by atoms with Gasteiger partial charge in [0.2, 0.25) is 0 Å². The highest BCUT2D eigenvalue weighted by Gasteiger charge is 2.24. The van der Waals surface area contributed by atoms with Crippen LogP contribution in [0.5, 0.6) is 0 Å². The Morgan fingerprint density at radius 1 is 1.21 bits per heavy atom. The third-order valence-electron chi connectivity index (χ3n) is 3.40. The number of carbonyl (C=O) groups excluding carboxylic acids is 1. The minimum absolute atomic E-state index is 0.275. The SMILES string of the molecule is O=C1OCCN1CC(O)c1ccc2ccccc2c1. The normalized spacial score (nSPS) is 16.7. The lowest BCUT2D eigenvalue weighted by molar-refractivity contribution is 0.118. The lowest BCUT2D eigenvalue weighted by Crippen LogP contribution is -2.29. The molecular formula is C15H15NO3. The van der Waals surface area contributed by atoms with Crippen molar-refractivity contribution in [3.05, 3.63) is 48.0 Å². The number of aliphatic hydroxyl groups is 1. The number of nitrogens with zero attached hydrogens (tertiary/aromatic N) is 1. The number of carbonyl (C=O) groups is 1. The molecule has 0 saturated carbocycles. The summed E-state index contributed by atoms with van der Waals surface area (Å²) >= 11 is 0. The first kappa shape index (κ1) is 12.0. The molecule has 0 aliphatic carbocycles. The number of aliphatic hydroxyl groups excluding tert-OH is 1. The highest BCUT2D eigenvalue weighted by Crippen LogP contribution is 2.21. The Balaban J connectivity index is 1.81. The van der Waals surface area contributed by atoms with E-state index < -0.39 is 6.10 Å². The Hall–Kier alpha value is -2.07. The van der Waals surface area contributed by atoms with Gasteiger partial charge in [0.25, 0.3) is 0 Å². The Morgan fingerprint density at radius 2 is 2.00 bits per heavy atom. The van der Waals surface area contributed by atoms with Crippen LogP contribution in [0.3, 0.4) is 0 Å². The first-order valence-electron chi connectivity index (χ1n) is 6.32. The van der Waals surface area contributed by atoms with Gasteiger partial charge in [-0.25, -0.2) is 4.79 Å².